The molecule has 0 spiro atoms. The van der Waals surface area contributed by atoms with Gasteiger partial charge >= 0.3 is 18.4 Å². The first-order chi connectivity index (χ1) is 9.50. The van der Waals surface area contributed by atoms with Crippen molar-refractivity contribution in [2.45, 2.75) is 38.8 Å². The summed E-state index contributed by atoms with van der Waals surface area (Å²) < 4.78 is 81.9. The van der Waals surface area contributed by atoms with E-state index in [1.165, 1.54) is 0 Å². The highest BCUT2D eigenvalue weighted by molar-refractivity contribution is 5.01. The predicted octanol–water partition coefficient (Wildman–Crippen LogP) is 3.29. The second-order valence-corrected chi connectivity index (χ2v) is 4.71. The molecule has 0 saturated heterocycles. The van der Waals surface area contributed by atoms with Crippen molar-refractivity contribution in [3.63, 3.8) is 0 Å². The van der Waals surface area contributed by atoms with Crippen molar-refractivity contribution in [1.29, 1.82) is 0 Å². The first-order valence-electron chi connectivity index (χ1n) is 5.95. The normalized spacial score (nSPS) is 13.2. The van der Waals surface area contributed by atoms with Crippen LogP contribution < -0.4 is 10.1 Å². The molecule has 21 heavy (non-hydrogen) atoms. The first-order valence-corrected chi connectivity index (χ1v) is 5.95. The molecule has 1 N–H and O–H groups in total. The molecule has 1 aromatic rings. The summed E-state index contributed by atoms with van der Waals surface area (Å²) in [6, 6.07) is 0. The molecule has 10 heteroatoms. The molecule has 1 aromatic heterocycles. The zero-order chi connectivity index (χ0) is 16.3. The molecular weight excluding hydrogens is 306 g/mol. The molecule has 0 unspecified atom stereocenters. The summed E-state index contributed by atoms with van der Waals surface area (Å²) in [6.45, 7) is 4.62. The van der Waals surface area contributed by atoms with Crippen molar-refractivity contribution in [2.75, 3.05) is 6.54 Å². The maximum atomic E-state index is 12.3. The average molecular weight is 320 g/mol. The Morgan fingerprint density at radius 3 is 2.24 bits per heavy atom. The number of aromatic nitrogens is 1. The van der Waals surface area contributed by atoms with Crippen LogP contribution in [0.25, 0.3) is 0 Å². The van der Waals surface area contributed by atoms with Crippen molar-refractivity contribution < 1.29 is 35.5 Å². The lowest BCUT2D eigenvalue weighted by molar-refractivity contribution is -0.303. The van der Waals surface area contributed by atoms with Crippen LogP contribution in [0.2, 0.25) is 0 Å². The molecule has 0 atom stereocenters. The Labute approximate surface area is 116 Å². The Balaban J connectivity index is 2.67. The van der Waals surface area contributed by atoms with Crippen molar-refractivity contribution in [3.05, 3.63) is 12.0 Å². The Morgan fingerprint density at radius 2 is 1.76 bits per heavy atom. The van der Waals surface area contributed by atoms with E-state index in [1.807, 2.05) is 13.8 Å². The van der Waals surface area contributed by atoms with E-state index >= 15 is 0 Å². The van der Waals surface area contributed by atoms with Crippen LogP contribution in [0.4, 0.5) is 26.3 Å². The van der Waals surface area contributed by atoms with E-state index in [0.29, 0.717) is 12.5 Å². The maximum Gasteiger partial charge on any atom is 0.434 e. The molecule has 0 radical (unpaired) electrons. The van der Waals surface area contributed by atoms with Gasteiger partial charge in [0.2, 0.25) is 0 Å². The molecular formula is C11H14F6N2O2. The van der Waals surface area contributed by atoms with Crippen molar-refractivity contribution in [1.82, 2.24) is 10.3 Å². The van der Waals surface area contributed by atoms with Gasteiger partial charge in [-0.05, 0) is 12.5 Å². The first kappa shape index (κ1) is 17.6. The maximum absolute atomic E-state index is 12.3. The Kier molecular flexibility index (Phi) is 5.48. The Bertz CT molecular complexity index is 427. The number of alkyl halides is 6. The number of hydrogen-bond donors (Lipinski definition) is 1. The van der Waals surface area contributed by atoms with E-state index in [0.717, 1.165) is 6.26 Å². The summed E-state index contributed by atoms with van der Waals surface area (Å²) in [7, 11) is 0. The van der Waals surface area contributed by atoms with Crippen LogP contribution in [0, 0.1) is 5.92 Å². The van der Waals surface area contributed by atoms with Crippen LogP contribution in [-0.4, -0.2) is 30.0 Å². The van der Waals surface area contributed by atoms with Crippen LogP contribution in [0.15, 0.2) is 10.7 Å². The fourth-order valence-corrected chi connectivity index (χ4v) is 1.33. The van der Waals surface area contributed by atoms with Gasteiger partial charge in [0, 0.05) is 6.54 Å². The molecule has 0 saturated carbocycles. The predicted molar refractivity (Wildman–Crippen MR) is 59.6 cm³/mol. The quantitative estimate of drug-likeness (QED) is 0.817. The Hall–Kier alpha value is -1.45. The van der Waals surface area contributed by atoms with E-state index < -0.39 is 24.5 Å². The van der Waals surface area contributed by atoms with E-state index in [1.54, 1.807) is 0 Å². The minimum absolute atomic E-state index is 0.147. The minimum atomic E-state index is -5.61. The largest absolute Gasteiger partial charge is 0.434 e. The van der Waals surface area contributed by atoms with Gasteiger partial charge in [0.1, 0.15) is 6.26 Å². The molecule has 1 heterocycles. The van der Waals surface area contributed by atoms with Gasteiger partial charge in [0.05, 0.1) is 5.69 Å². The van der Waals surface area contributed by atoms with Crippen molar-refractivity contribution in [2.24, 2.45) is 5.92 Å². The van der Waals surface area contributed by atoms with Gasteiger partial charge in [-0.25, -0.2) is 0 Å². The molecule has 1 rings (SSSR count). The minimum Gasteiger partial charge on any atom is -0.427 e. The van der Waals surface area contributed by atoms with Gasteiger partial charge in [-0.3, -0.25) is 0 Å². The zero-order valence-corrected chi connectivity index (χ0v) is 11.2. The van der Waals surface area contributed by atoms with E-state index in [4.69, 9.17) is 0 Å². The van der Waals surface area contributed by atoms with Crippen LogP contribution in [0.1, 0.15) is 19.5 Å². The van der Waals surface area contributed by atoms with Gasteiger partial charge in [-0.2, -0.15) is 31.3 Å². The fraction of sp³-hybridized carbons (Fsp3) is 0.727. The summed E-state index contributed by atoms with van der Waals surface area (Å²) >= 11 is 0. The number of rotatable bonds is 6. The number of nitrogens with one attached hydrogen (secondary N) is 1. The number of nitrogens with zero attached hydrogens (tertiary/aromatic N) is 1. The molecule has 0 aliphatic carbocycles. The third kappa shape index (κ3) is 5.82. The highest BCUT2D eigenvalue weighted by Gasteiger charge is 2.59. The summed E-state index contributed by atoms with van der Waals surface area (Å²) in [5, 5.41) is 2.91. The number of halogens is 6. The third-order valence-corrected chi connectivity index (χ3v) is 2.20. The SMILES string of the molecule is CC(C)CNCc1coc(OC(C(F)(F)F)C(F)(F)F)n1. The van der Waals surface area contributed by atoms with Crippen molar-refractivity contribution in [3.8, 4) is 6.08 Å². The molecule has 0 aliphatic heterocycles. The topological polar surface area (TPSA) is 47.3 Å². The third-order valence-electron chi connectivity index (χ3n) is 2.20. The average Bonchev–Trinajstić information content (AvgIpc) is 2.70. The fourth-order valence-electron chi connectivity index (χ4n) is 1.33. The van der Waals surface area contributed by atoms with E-state index in [-0.39, 0.29) is 12.2 Å². The monoisotopic (exact) mass is 320 g/mol. The van der Waals surface area contributed by atoms with Gasteiger partial charge in [0.25, 0.3) is 6.10 Å². The summed E-state index contributed by atoms with van der Waals surface area (Å²) in [5.41, 5.74) is 0.147. The second-order valence-electron chi connectivity index (χ2n) is 4.71. The van der Waals surface area contributed by atoms with Crippen LogP contribution in [0.5, 0.6) is 6.08 Å². The molecule has 0 aromatic carbocycles. The smallest absolute Gasteiger partial charge is 0.427 e. The lowest BCUT2D eigenvalue weighted by Crippen LogP contribution is -2.46. The molecule has 4 nitrogen and oxygen atoms in total. The van der Waals surface area contributed by atoms with E-state index in [9.17, 15) is 26.3 Å². The Morgan fingerprint density at radius 1 is 1.19 bits per heavy atom. The number of hydrogen-bond acceptors (Lipinski definition) is 4. The van der Waals surface area contributed by atoms with Crippen LogP contribution in [-0.2, 0) is 6.54 Å². The van der Waals surface area contributed by atoms with Crippen LogP contribution in [0.3, 0.4) is 0 Å². The summed E-state index contributed by atoms with van der Waals surface area (Å²) in [6.07, 6.45) is -15.3. The standard InChI is InChI=1S/C11H14F6N2O2/c1-6(2)3-18-4-7-5-20-9(19-7)21-8(10(12,13)14)11(15,16)17/h5-6,8,18H,3-4H2,1-2H3. The van der Waals surface area contributed by atoms with Gasteiger partial charge < -0.3 is 14.5 Å². The van der Waals surface area contributed by atoms with Gasteiger partial charge in [0.15, 0.2) is 0 Å². The number of oxazole rings is 1. The van der Waals surface area contributed by atoms with Gasteiger partial charge in [-0.1, -0.05) is 13.8 Å². The molecule has 0 aliphatic rings. The molecule has 0 bridgehead atoms. The van der Waals surface area contributed by atoms with Crippen LogP contribution >= 0.6 is 0 Å². The number of ether oxygens (including phenoxy) is 1. The second kappa shape index (κ2) is 6.54. The molecule has 122 valence electrons. The summed E-state index contributed by atoms with van der Waals surface area (Å²) in [5.74, 6) is 0.326. The zero-order valence-electron chi connectivity index (χ0n) is 11.2. The van der Waals surface area contributed by atoms with Crippen molar-refractivity contribution >= 4 is 0 Å². The summed E-state index contributed by atoms with van der Waals surface area (Å²) in [4.78, 5) is 3.42. The van der Waals surface area contributed by atoms with E-state index in [2.05, 4.69) is 19.5 Å². The lowest BCUT2D eigenvalue weighted by Gasteiger charge is -2.21. The lowest BCUT2D eigenvalue weighted by atomic mass is 10.2. The highest BCUT2D eigenvalue weighted by Crippen LogP contribution is 2.36. The molecule has 0 fully saturated rings. The highest BCUT2D eigenvalue weighted by atomic mass is 19.4. The molecule has 0 amide bonds. The van der Waals surface area contributed by atoms with Gasteiger partial charge in [-0.15, -0.1) is 0 Å².